The Bertz CT molecular complexity index is 354. The molecule has 1 fully saturated rings. The Morgan fingerprint density at radius 3 is 2.80 bits per heavy atom. The highest BCUT2D eigenvalue weighted by molar-refractivity contribution is 5.95. The van der Waals surface area contributed by atoms with E-state index in [4.69, 9.17) is 5.73 Å². The Morgan fingerprint density at radius 1 is 1.40 bits per heavy atom. The van der Waals surface area contributed by atoms with Gasteiger partial charge in [-0.05, 0) is 24.1 Å². The Kier molecular flexibility index (Phi) is 4.12. The Morgan fingerprint density at radius 2 is 2.20 bits per heavy atom. The van der Waals surface area contributed by atoms with Gasteiger partial charge < -0.3 is 10.6 Å². The van der Waals surface area contributed by atoms with Crippen LogP contribution >= 0.6 is 12.4 Å². The zero-order valence-electron chi connectivity index (χ0n) is 8.48. The molecule has 1 aromatic carbocycles. The molecule has 1 saturated heterocycles. The summed E-state index contributed by atoms with van der Waals surface area (Å²) >= 11 is 0. The fourth-order valence-corrected chi connectivity index (χ4v) is 1.77. The van der Waals surface area contributed by atoms with Gasteiger partial charge in [-0.3, -0.25) is 4.79 Å². The van der Waals surface area contributed by atoms with Crippen molar-refractivity contribution in [3.63, 3.8) is 0 Å². The summed E-state index contributed by atoms with van der Waals surface area (Å²) in [5, 5.41) is 0. The third-order valence-electron chi connectivity index (χ3n) is 2.53. The zero-order chi connectivity index (χ0) is 9.97. The van der Waals surface area contributed by atoms with Crippen LogP contribution in [0.4, 0.5) is 5.69 Å². The van der Waals surface area contributed by atoms with Gasteiger partial charge >= 0.3 is 0 Å². The van der Waals surface area contributed by atoms with Gasteiger partial charge in [0.05, 0.1) is 0 Å². The Hall–Kier alpha value is -1.06. The first-order chi connectivity index (χ1) is 6.81. The molecule has 0 unspecified atom stereocenters. The van der Waals surface area contributed by atoms with E-state index in [9.17, 15) is 4.79 Å². The molecule has 0 radical (unpaired) electrons. The lowest BCUT2D eigenvalue weighted by Gasteiger charge is -2.16. The molecule has 0 aromatic heterocycles. The first kappa shape index (κ1) is 12.0. The van der Waals surface area contributed by atoms with Gasteiger partial charge in [0.1, 0.15) is 0 Å². The number of amides is 1. The van der Waals surface area contributed by atoms with E-state index in [0.717, 1.165) is 24.2 Å². The summed E-state index contributed by atoms with van der Waals surface area (Å²) in [6.07, 6.45) is 1.64. The number of benzene rings is 1. The van der Waals surface area contributed by atoms with Gasteiger partial charge in [0.15, 0.2) is 0 Å². The molecule has 1 heterocycles. The highest BCUT2D eigenvalue weighted by Gasteiger charge is 2.21. The molecule has 1 aliphatic heterocycles. The van der Waals surface area contributed by atoms with Crippen LogP contribution < -0.4 is 10.6 Å². The molecule has 0 spiro atoms. The highest BCUT2D eigenvalue weighted by atomic mass is 35.5. The number of nitrogens with zero attached hydrogens (tertiary/aromatic N) is 1. The third-order valence-corrected chi connectivity index (χ3v) is 2.53. The largest absolute Gasteiger partial charge is 0.326 e. The van der Waals surface area contributed by atoms with E-state index >= 15 is 0 Å². The van der Waals surface area contributed by atoms with Gasteiger partial charge in [0.2, 0.25) is 5.91 Å². The summed E-state index contributed by atoms with van der Waals surface area (Å²) in [7, 11) is 0. The van der Waals surface area contributed by atoms with Crippen molar-refractivity contribution in [3.8, 4) is 0 Å². The number of nitrogens with two attached hydrogens (primary N) is 1. The number of halogens is 1. The second-order valence-electron chi connectivity index (χ2n) is 3.52. The van der Waals surface area contributed by atoms with Crippen molar-refractivity contribution in [2.24, 2.45) is 5.73 Å². The molecule has 1 aromatic rings. The van der Waals surface area contributed by atoms with Crippen LogP contribution in [0.1, 0.15) is 18.4 Å². The van der Waals surface area contributed by atoms with E-state index < -0.39 is 0 Å². The molecule has 3 nitrogen and oxygen atoms in total. The second-order valence-corrected chi connectivity index (χ2v) is 3.52. The molecule has 0 bridgehead atoms. The summed E-state index contributed by atoms with van der Waals surface area (Å²) in [4.78, 5) is 13.3. The quantitative estimate of drug-likeness (QED) is 0.834. The molecule has 1 amide bonds. The van der Waals surface area contributed by atoms with Crippen LogP contribution in [-0.4, -0.2) is 12.5 Å². The SMILES string of the molecule is Cl.NCc1cccc(N2CCCC2=O)c1. The topological polar surface area (TPSA) is 46.3 Å². The fraction of sp³-hybridized carbons (Fsp3) is 0.364. The van der Waals surface area contributed by atoms with Gasteiger partial charge in [0.25, 0.3) is 0 Å². The van der Waals surface area contributed by atoms with Crippen LogP contribution in [0.25, 0.3) is 0 Å². The molecular weight excluding hydrogens is 212 g/mol. The first-order valence-electron chi connectivity index (χ1n) is 4.90. The fourth-order valence-electron chi connectivity index (χ4n) is 1.77. The lowest BCUT2D eigenvalue weighted by atomic mass is 10.2. The van der Waals surface area contributed by atoms with E-state index in [2.05, 4.69) is 0 Å². The zero-order valence-corrected chi connectivity index (χ0v) is 9.30. The van der Waals surface area contributed by atoms with Crippen molar-refractivity contribution in [1.29, 1.82) is 0 Å². The standard InChI is InChI=1S/C11H14N2O.ClH/c12-8-9-3-1-4-10(7-9)13-6-2-5-11(13)14;/h1,3-4,7H,2,5-6,8,12H2;1H. The second kappa shape index (κ2) is 5.14. The van der Waals surface area contributed by atoms with Crippen molar-refractivity contribution in [2.75, 3.05) is 11.4 Å². The minimum Gasteiger partial charge on any atom is -0.326 e. The van der Waals surface area contributed by atoms with Crippen molar-refractivity contribution in [2.45, 2.75) is 19.4 Å². The minimum atomic E-state index is 0. The van der Waals surface area contributed by atoms with Crippen LogP contribution in [0.3, 0.4) is 0 Å². The number of rotatable bonds is 2. The average molecular weight is 227 g/mol. The predicted octanol–water partition coefficient (Wildman–Crippen LogP) is 1.69. The average Bonchev–Trinajstić information content (AvgIpc) is 2.65. The molecule has 15 heavy (non-hydrogen) atoms. The number of carbonyl (C=O) groups excluding carboxylic acids is 1. The molecule has 82 valence electrons. The van der Waals surface area contributed by atoms with Gasteiger partial charge in [-0.1, -0.05) is 12.1 Å². The maximum Gasteiger partial charge on any atom is 0.227 e. The van der Waals surface area contributed by atoms with Crippen LogP contribution in [0.5, 0.6) is 0 Å². The van der Waals surface area contributed by atoms with Gasteiger partial charge in [-0.25, -0.2) is 0 Å². The molecule has 0 saturated carbocycles. The van der Waals surface area contributed by atoms with Crippen LogP contribution in [0.15, 0.2) is 24.3 Å². The van der Waals surface area contributed by atoms with Crippen molar-refractivity contribution in [3.05, 3.63) is 29.8 Å². The Labute approximate surface area is 95.7 Å². The monoisotopic (exact) mass is 226 g/mol. The molecule has 1 aliphatic rings. The number of carbonyl (C=O) groups is 1. The normalized spacial score (nSPS) is 15.3. The maximum absolute atomic E-state index is 11.5. The molecule has 2 rings (SSSR count). The Balaban J connectivity index is 0.00000112. The van der Waals surface area contributed by atoms with Gasteiger partial charge in [0, 0.05) is 25.2 Å². The van der Waals surface area contributed by atoms with E-state index in [1.807, 2.05) is 29.2 Å². The van der Waals surface area contributed by atoms with E-state index in [1.165, 1.54) is 0 Å². The van der Waals surface area contributed by atoms with Crippen LogP contribution in [0.2, 0.25) is 0 Å². The summed E-state index contributed by atoms with van der Waals surface area (Å²) in [6, 6.07) is 7.87. The number of anilines is 1. The number of hydrogen-bond donors (Lipinski definition) is 1. The van der Waals surface area contributed by atoms with Crippen molar-refractivity contribution in [1.82, 2.24) is 0 Å². The van der Waals surface area contributed by atoms with Crippen molar-refractivity contribution >= 4 is 24.0 Å². The highest BCUT2D eigenvalue weighted by Crippen LogP contribution is 2.21. The van der Waals surface area contributed by atoms with E-state index in [1.54, 1.807) is 0 Å². The molecular formula is C11H15ClN2O. The predicted molar refractivity (Wildman–Crippen MR) is 63.2 cm³/mol. The van der Waals surface area contributed by atoms with E-state index in [0.29, 0.717) is 13.0 Å². The summed E-state index contributed by atoms with van der Waals surface area (Å²) in [5.74, 6) is 0.221. The summed E-state index contributed by atoms with van der Waals surface area (Å²) in [5.41, 5.74) is 7.60. The molecule has 0 atom stereocenters. The smallest absolute Gasteiger partial charge is 0.227 e. The van der Waals surface area contributed by atoms with Gasteiger partial charge in [-0.15, -0.1) is 12.4 Å². The minimum absolute atomic E-state index is 0. The van der Waals surface area contributed by atoms with Crippen LogP contribution in [0, 0.1) is 0 Å². The van der Waals surface area contributed by atoms with E-state index in [-0.39, 0.29) is 18.3 Å². The van der Waals surface area contributed by atoms with Crippen LogP contribution in [-0.2, 0) is 11.3 Å². The van der Waals surface area contributed by atoms with Crippen molar-refractivity contribution < 1.29 is 4.79 Å². The molecule has 4 heteroatoms. The molecule has 2 N–H and O–H groups in total. The first-order valence-corrected chi connectivity index (χ1v) is 4.90. The number of hydrogen-bond acceptors (Lipinski definition) is 2. The molecule has 0 aliphatic carbocycles. The maximum atomic E-state index is 11.5. The lowest BCUT2D eigenvalue weighted by Crippen LogP contribution is -2.23. The lowest BCUT2D eigenvalue weighted by molar-refractivity contribution is -0.117. The summed E-state index contributed by atoms with van der Waals surface area (Å²) in [6.45, 7) is 1.36. The van der Waals surface area contributed by atoms with Gasteiger partial charge in [-0.2, -0.15) is 0 Å². The third kappa shape index (κ3) is 2.49. The summed E-state index contributed by atoms with van der Waals surface area (Å²) < 4.78 is 0.